The molecule has 0 fully saturated rings. The molecule has 28 heavy (non-hydrogen) atoms. The minimum atomic E-state index is -0.257. The number of carbonyl (C=O) groups is 1. The Morgan fingerprint density at radius 1 is 0.821 bits per heavy atom. The molecule has 4 heteroatoms. The highest BCUT2D eigenvalue weighted by Crippen LogP contribution is 2.17. The van der Waals surface area contributed by atoms with Crippen LogP contribution in [-0.4, -0.2) is 22.5 Å². The van der Waals surface area contributed by atoms with Gasteiger partial charge >= 0.3 is 5.97 Å². The van der Waals surface area contributed by atoms with Gasteiger partial charge in [0, 0.05) is 18.0 Å². The van der Waals surface area contributed by atoms with Crippen molar-refractivity contribution in [2.75, 3.05) is 6.61 Å². The van der Waals surface area contributed by atoms with E-state index in [2.05, 4.69) is 23.8 Å². The zero-order chi connectivity index (χ0) is 20.0. The van der Waals surface area contributed by atoms with Crippen molar-refractivity contribution in [2.45, 2.75) is 78.1 Å². The van der Waals surface area contributed by atoms with Crippen molar-refractivity contribution in [3.05, 3.63) is 47.8 Å². The zero-order valence-electron chi connectivity index (χ0n) is 17.5. The van der Waals surface area contributed by atoms with E-state index in [0.29, 0.717) is 18.0 Å². The van der Waals surface area contributed by atoms with Crippen LogP contribution in [0.1, 0.15) is 87.6 Å². The number of carbonyl (C=O) groups excluding carboxylic acids is 1. The van der Waals surface area contributed by atoms with E-state index >= 15 is 0 Å². The molecule has 0 amide bonds. The van der Waals surface area contributed by atoms with Crippen LogP contribution in [0.3, 0.4) is 0 Å². The monoisotopic (exact) mass is 382 g/mol. The van der Waals surface area contributed by atoms with Gasteiger partial charge in [-0.05, 0) is 37.0 Å². The lowest BCUT2D eigenvalue weighted by atomic mass is 10.1. The Kier molecular flexibility index (Phi) is 10.3. The number of aryl methyl sites for hydroxylation is 1. The summed E-state index contributed by atoms with van der Waals surface area (Å²) in [4.78, 5) is 21.1. The molecule has 0 aliphatic rings. The van der Waals surface area contributed by atoms with Gasteiger partial charge in [0.25, 0.3) is 0 Å². The SMILES string of the molecule is CCCCCCCCOC(=O)c1ccc(-c2ncc(CCCCC)cn2)cc1. The van der Waals surface area contributed by atoms with Gasteiger partial charge in [-0.3, -0.25) is 0 Å². The van der Waals surface area contributed by atoms with E-state index in [1.165, 1.54) is 50.5 Å². The molecule has 0 N–H and O–H groups in total. The Hall–Kier alpha value is -2.23. The Morgan fingerprint density at radius 3 is 2.11 bits per heavy atom. The van der Waals surface area contributed by atoms with Crippen molar-refractivity contribution < 1.29 is 9.53 Å². The fourth-order valence-electron chi connectivity index (χ4n) is 3.10. The van der Waals surface area contributed by atoms with E-state index in [1.54, 1.807) is 12.1 Å². The van der Waals surface area contributed by atoms with Gasteiger partial charge in [-0.2, -0.15) is 0 Å². The Morgan fingerprint density at radius 2 is 1.43 bits per heavy atom. The van der Waals surface area contributed by atoms with Gasteiger partial charge in [0.1, 0.15) is 0 Å². The molecule has 4 nitrogen and oxygen atoms in total. The number of unbranched alkanes of at least 4 members (excludes halogenated alkanes) is 7. The van der Waals surface area contributed by atoms with Crippen LogP contribution in [0.5, 0.6) is 0 Å². The third kappa shape index (κ3) is 7.79. The third-order valence-corrected chi connectivity index (χ3v) is 4.88. The second-order valence-corrected chi connectivity index (χ2v) is 7.35. The first kappa shape index (κ1) is 22.1. The van der Waals surface area contributed by atoms with Crippen LogP contribution in [0.15, 0.2) is 36.7 Å². The molecule has 0 aliphatic carbocycles. The highest BCUT2D eigenvalue weighted by molar-refractivity contribution is 5.89. The van der Waals surface area contributed by atoms with Gasteiger partial charge in [0.2, 0.25) is 0 Å². The molecule has 0 aliphatic heterocycles. The molecule has 0 atom stereocenters. The molecule has 0 bridgehead atoms. The van der Waals surface area contributed by atoms with E-state index in [0.717, 1.165) is 24.8 Å². The summed E-state index contributed by atoms with van der Waals surface area (Å²) in [6.07, 6.45) is 15.5. The number of ether oxygens (including phenoxy) is 1. The number of nitrogens with zero attached hydrogens (tertiary/aromatic N) is 2. The zero-order valence-corrected chi connectivity index (χ0v) is 17.5. The van der Waals surface area contributed by atoms with E-state index < -0.39 is 0 Å². The van der Waals surface area contributed by atoms with Crippen LogP contribution in [0, 0.1) is 0 Å². The van der Waals surface area contributed by atoms with Gasteiger partial charge in [0.15, 0.2) is 5.82 Å². The Labute approximate surface area is 169 Å². The maximum atomic E-state index is 12.1. The van der Waals surface area contributed by atoms with E-state index in [9.17, 15) is 4.79 Å². The van der Waals surface area contributed by atoms with Crippen LogP contribution < -0.4 is 0 Å². The molecule has 2 aromatic rings. The second-order valence-electron chi connectivity index (χ2n) is 7.35. The van der Waals surface area contributed by atoms with Crippen LogP contribution >= 0.6 is 0 Å². The van der Waals surface area contributed by atoms with Gasteiger partial charge in [-0.25, -0.2) is 14.8 Å². The molecule has 0 unspecified atom stereocenters. The summed E-state index contributed by atoms with van der Waals surface area (Å²) < 4.78 is 5.37. The number of benzene rings is 1. The minimum Gasteiger partial charge on any atom is -0.462 e. The molecule has 1 aromatic carbocycles. The van der Waals surface area contributed by atoms with Crippen molar-refractivity contribution in [2.24, 2.45) is 0 Å². The molecule has 0 spiro atoms. The molecule has 0 saturated carbocycles. The largest absolute Gasteiger partial charge is 0.462 e. The first-order valence-electron chi connectivity index (χ1n) is 10.8. The van der Waals surface area contributed by atoms with Crippen LogP contribution in [-0.2, 0) is 11.2 Å². The lowest BCUT2D eigenvalue weighted by Crippen LogP contribution is -2.06. The standard InChI is InChI=1S/C24H34N2O2/c1-3-5-7-8-9-11-17-28-24(27)22-15-13-21(14-16-22)23-25-18-20(19-26-23)12-10-6-4-2/h13-16,18-19H,3-12,17H2,1-2H3. The smallest absolute Gasteiger partial charge is 0.338 e. The summed E-state index contributed by atoms with van der Waals surface area (Å²) in [7, 11) is 0. The molecule has 2 rings (SSSR count). The van der Waals surface area contributed by atoms with Gasteiger partial charge < -0.3 is 4.74 Å². The molecule has 152 valence electrons. The second kappa shape index (κ2) is 13.0. The van der Waals surface area contributed by atoms with Crippen molar-refractivity contribution >= 4 is 5.97 Å². The molecule has 1 heterocycles. The predicted molar refractivity (Wildman–Crippen MR) is 114 cm³/mol. The summed E-state index contributed by atoms with van der Waals surface area (Å²) in [5, 5.41) is 0. The first-order valence-corrected chi connectivity index (χ1v) is 10.8. The average Bonchev–Trinajstić information content (AvgIpc) is 2.74. The number of rotatable bonds is 13. The summed E-state index contributed by atoms with van der Waals surface area (Å²) in [5.41, 5.74) is 2.66. The average molecular weight is 383 g/mol. The van der Waals surface area contributed by atoms with Gasteiger partial charge in [-0.15, -0.1) is 0 Å². The van der Waals surface area contributed by atoms with Crippen LogP contribution in [0.4, 0.5) is 0 Å². The molecular formula is C24H34N2O2. The maximum absolute atomic E-state index is 12.1. The summed E-state index contributed by atoms with van der Waals surface area (Å²) in [6.45, 7) is 4.91. The maximum Gasteiger partial charge on any atom is 0.338 e. The van der Waals surface area contributed by atoms with E-state index in [1.807, 2.05) is 24.5 Å². The third-order valence-electron chi connectivity index (χ3n) is 4.88. The van der Waals surface area contributed by atoms with Crippen molar-refractivity contribution in [3.63, 3.8) is 0 Å². The lowest BCUT2D eigenvalue weighted by molar-refractivity contribution is 0.0497. The fourth-order valence-corrected chi connectivity index (χ4v) is 3.10. The van der Waals surface area contributed by atoms with Crippen LogP contribution in [0.25, 0.3) is 11.4 Å². The fraction of sp³-hybridized carbons (Fsp3) is 0.542. The van der Waals surface area contributed by atoms with E-state index in [4.69, 9.17) is 4.74 Å². The Balaban J connectivity index is 1.78. The van der Waals surface area contributed by atoms with Crippen LogP contribution in [0.2, 0.25) is 0 Å². The predicted octanol–water partition coefficient (Wildman–Crippen LogP) is 6.39. The molecule has 0 radical (unpaired) electrons. The quantitative estimate of drug-likeness (QED) is 0.297. The van der Waals surface area contributed by atoms with Crippen molar-refractivity contribution in [1.29, 1.82) is 0 Å². The highest BCUT2D eigenvalue weighted by atomic mass is 16.5. The van der Waals surface area contributed by atoms with Gasteiger partial charge in [-0.1, -0.05) is 70.9 Å². The highest BCUT2D eigenvalue weighted by Gasteiger charge is 2.08. The lowest BCUT2D eigenvalue weighted by Gasteiger charge is -2.06. The molecule has 0 saturated heterocycles. The van der Waals surface area contributed by atoms with E-state index in [-0.39, 0.29) is 5.97 Å². The normalized spacial score (nSPS) is 10.8. The summed E-state index contributed by atoms with van der Waals surface area (Å²) in [6, 6.07) is 7.34. The number of hydrogen-bond donors (Lipinski definition) is 0. The number of aromatic nitrogens is 2. The van der Waals surface area contributed by atoms with Gasteiger partial charge in [0.05, 0.1) is 12.2 Å². The summed E-state index contributed by atoms with van der Waals surface area (Å²) >= 11 is 0. The first-order chi connectivity index (χ1) is 13.7. The van der Waals surface area contributed by atoms with Crippen molar-refractivity contribution in [1.82, 2.24) is 9.97 Å². The number of hydrogen-bond acceptors (Lipinski definition) is 4. The molecular weight excluding hydrogens is 348 g/mol. The Bertz CT molecular complexity index is 681. The topological polar surface area (TPSA) is 52.1 Å². The summed E-state index contributed by atoms with van der Waals surface area (Å²) in [5.74, 6) is 0.429. The number of esters is 1. The molecule has 1 aromatic heterocycles. The van der Waals surface area contributed by atoms with Crippen molar-refractivity contribution in [3.8, 4) is 11.4 Å². The minimum absolute atomic E-state index is 0.257.